The summed E-state index contributed by atoms with van der Waals surface area (Å²) in [6.45, 7) is 5.32. The average molecular weight is 372 g/mol. The van der Waals surface area contributed by atoms with Crippen LogP contribution in [0.5, 0.6) is 0 Å². The van der Waals surface area contributed by atoms with Crippen LogP contribution in [0.25, 0.3) is 11.1 Å². The van der Waals surface area contributed by atoms with Gasteiger partial charge in [-0.15, -0.1) is 0 Å². The lowest BCUT2D eigenvalue weighted by Gasteiger charge is -2.32. The fourth-order valence-electron chi connectivity index (χ4n) is 3.77. The first-order chi connectivity index (χ1) is 13.6. The van der Waals surface area contributed by atoms with Gasteiger partial charge in [-0.05, 0) is 49.9 Å². The molecule has 1 saturated heterocycles. The molecule has 3 heterocycles. The Morgan fingerprint density at radius 1 is 1.00 bits per heavy atom. The Bertz CT molecular complexity index is 970. The number of nitrogens with zero attached hydrogens (tertiary/aromatic N) is 4. The first-order valence-electron chi connectivity index (χ1n) is 9.72. The summed E-state index contributed by atoms with van der Waals surface area (Å²) >= 11 is 0. The summed E-state index contributed by atoms with van der Waals surface area (Å²) in [5.41, 5.74) is 5.65. The number of hydrogen-bond donors (Lipinski definition) is 0. The first kappa shape index (κ1) is 18.3. The van der Waals surface area contributed by atoms with Crippen LogP contribution in [0.15, 0.2) is 54.9 Å². The molecule has 1 atom stereocenters. The fourth-order valence-corrected chi connectivity index (χ4v) is 3.77. The number of likely N-dealkylation sites (tertiary alicyclic amines) is 1. The monoisotopic (exact) mass is 372 g/mol. The van der Waals surface area contributed by atoms with Gasteiger partial charge in [-0.1, -0.05) is 30.3 Å². The van der Waals surface area contributed by atoms with E-state index in [1.165, 1.54) is 11.1 Å². The second-order valence-corrected chi connectivity index (χ2v) is 7.42. The molecule has 0 unspecified atom stereocenters. The molecule has 0 radical (unpaired) electrons. The molecule has 2 aromatic heterocycles. The van der Waals surface area contributed by atoms with Crippen molar-refractivity contribution >= 4 is 5.91 Å². The highest BCUT2D eigenvalue weighted by atomic mass is 16.2. The van der Waals surface area contributed by atoms with Gasteiger partial charge in [0.1, 0.15) is 5.69 Å². The van der Waals surface area contributed by atoms with E-state index in [0.29, 0.717) is 12.2 Å². The lowest BCUT2D eigenvalue weighted by molar-refractivity contribution is 0.0699. The van der Waals surface area contributed by atoms with Crippen LogP contribution >= 0.6 is 0 Å². The number of benzene rings is 1. The summed E-state index contributed by atoms with van der Waals surface area (Å²) in [6, 6.07) is 14.6. The third-order valence-electron chi connectivity index (χ3n) is 5.21. The lowest BCUT2D eigenvalue weighted by Crippen LogP contribution is -2.39. The quantitative estimate of drug-likeness (QED) is 0.692. The van der Waals surface area contributed by atoms with Crippen molar-refractivity contribution in [2.75, 3.05) is 13.1 Å². The summed E-state index contributed by atoms with van der Waals surface area (Å²) in [6.07, 6.45) is 5.21. The number of pyridine rings is 1. The summed E-state index contributed by atoms with van der Waals surface area (Å²) < 4.78 is 0. The Balaban J connectivity index is 1.57. The molecule has 5 nitrogen and oxygen atoms in total. The number of amides is 1. The molecule has 5 heteroatoms. The first-order valence-corrected chi connectivity index (χ1v) is 9.72. The fraction of sp³-hybridized carbons (Fsp3) is 0.304. The van der Waals surface area contributed by atoms with Crippen molar-refractivity contribution in [3.63, 3.8) is 0 Å². The minimum absolute atomic E-state index is 0.0480. The minimum atomic E-state index is -0.0480. The average Bonchev–Trinajstić information content (AvgIpc) is 2.74. The number of hydrogen-bond acceptors (Lipinski definition) is 4. The van der Waals surface area contributed by atoms with Crippen LogP contribution in [0.4, 0.5) is 0 Å². The normalized spacial score (nSPS) is 16.8. The molecule has 142 valence electrons. The number of rotatable bonds is 3. The largest absolute Gasteiger partial charge is 0.337 e. The third kappa shape index (κ3) is 3.93. The maximum Gasteiger partial charge on any atom is 0.274 e. The molecule has 1 aliphatic heterocycles. The zero-order valence-corrected chi connectivity index (χ0v) is 16.3. The van der Waals surface area contributed by atoms with Crippen LogP contribution < -0.4 is 0 Å². The molecule has 1 aromatic carbocycles. The Hall–Kier alpha value is -3.08. The molecule has 1 aliphatic rings. The van der Waals surface area contributed by atoms with Crippen LogP contribution in [0.2, 0.25) is 0 Å². The Labute approximate surface area is 165 Å². The van der Waals surface area contributed by atoms with Crippen molar-refractivity contribution in [1.82, 2.24) is 19.9 Å². The lowest BCUT2D eigenvalue weighted by atomic mass is 9.92. The Kier molecular flexibility index (Phi) is 5.15. The van der Waals surface area contributed by atoms with E-state index in [2.05, 4.69) is 34.2 Å². The van der Waals surface area contributed by atoms with Crippen molar-refractivity contribution < 1.29 is 4.79 Å². The molecule has 0 spiro atoms. The topological polar surface area (TPSA) is 59.0 Å². The van der Waals surface area contributed by atoms with E-state index in [1.807, 2.05) is 36.9 Å². The number of carbonyl (C=O) groups is 1. The molecule has 3 aromatic rings. The van der Waals surface area contributed by atoms with Crippen LogP contribution in [-0.4, -0.2) is 38.8 Å². The molecule has 0 aliphatic carbocycles. The van der Waals surface area contributed by atoms with Gasteiger partial charge in [-0.3, -0.25) is 14.8 Å². The van der Waals surface area contributed by atoms with Gasteiger partial charge in [0.25, 0.3) is 5.91 Å². The molecule has 0 saturated carbocycles. The molecular weight excluding hydrogens is 348 g/mol. The second-order valence-electron chi connectivity index (χ2n) is 7.42. The van der Waals surface area contributed by atoms with Gasteiger partial charge in [0, 0.05) is 36.6 Å². The highest BCUT2D eigenvalue weighted by Gasteiger charge is 2.27. The molecule has 0 bridgehead atoms. The standard InChI is InChI=1S/C23H24N4O/c1-16-11-20(18-7-4-3-5-8-18)12-21(26-16)19-9-6-10-27(15-19)23(28)22-14-24-17(2)13-25-22/h3-5,7-8,11-14,19H,6,9-10,15H2,1-2H3/t19-/m0/s1. The van der Waals surface area contributed by atoms with Crippen molar-refractivity contribution in [2.24, 2.45) is 0 Å². The van der Waals surface area contributed by atoms with Crippen LogP contribution in [0.1, 0.15) is 46.3 Å². The zero-order chi connectivity index (χ0) is 19.5. The van der Waals surface area contributed by atoms with E-state index in [9.17, 15) is 4.79 Å². The van der Waals surface area contributed by atoms with E-state index in [4.69, 9.17) is 4.98 Å². The number of carbonyl (C=O) groups excluding carboxylic acids is 1. The predicted octanol–water partition coefficient (Wildman–Crippen LogP) is 4.18. The van der Waals surface area contributed by atoms with Gasteiger partial charge in [0.2, 0.25) is 0 Å². The van der Waals surface area contributed by atoms with Gasteiger partial charge in [0.05, 0.1) is 11.9 Å². The maximum atomic E-state index is 12.8. The molecule has 1 fully saturated rings. The van der Waals surface area contributed by atoms with Crippen molar-refractivity contribution in [3.05, 3.63) is 77.6 Å². The number of piperidine rings is 1. The molecule has 1 amide bonds. The van der Waals surface area contributed by atoms with E-state index in [1.54, 1.807) is 12.4 Å². The van der Waals surface area contributed by atoms with Crippen LogP contribution in [-0.2, 0) is 0 Å². The summed E-state index contributed by atoms with van der Waals surface area (Å²) in [7, 11) is 0. The Morgan fingerprint density at radius 3 is 2.57 bits per heavy atom. The van der Waals surface area contributed by atoms with Crippen LogP contribution in [0, 0.1) is 13.8 Å². The van der Waals surface area contributed by atoms with Gasteiger partial charge in [0.15, 0.2) is 0 Å². The summed E-state index contributed by atoms with van der Waals surface area (Å²) in [4.78, 5) is 28.0. The number of aryl methyl sites for hydroxylation is 2. The SMILES string of the molecule is Cc1cnc(C(=O)N2CCC[C@H](c3cc(-c4ccccc4)cc(C)n3)C2)cn1. The van der Waals surface area contributed by atoms with Gasteiger partial charge in [-0.2, -0.15) is 0 Å². The van der Waals surface area contributed by atoms with Gasteiger partial charge < -0.3 is 4.90 Å². The zero-order valence-electron chi connectivity index (χ0n) is 16.3. The predicted molar refractivity (Wildman–Crippen MR) is 109 cm³/mol. The van der Waals surface area contributed by atoms with Crippen LogP contribution in [0.3, 0.4) is 0 Å². The maximum absolute atomic E-state index is 12.8. The Morgan fingerprint density at radius 2 is 1.82 bits per heavy atom. The van der Waals surface area contributed by atoms with Crippen molar-refractivity contribution in [1.29, 1.82) is 0 Å². The van der Waals surface area contributed by atoms with E-state index in [-0.39, 0.29) is 11.8 Å². The van der Waals surface area contributed by atoms with E-state index in [0.717, 1.165) is 36.5 Å². The van der Waals surface area contributed by atoms with Gasteiger partial charge >= 0.3 is 0 Å². The van der Waals surface area contributed by atoms with E-state index < -0.39 is 0 Å². The summed E-state index contributed by atoms with van der Waals surface area (Å²) in [5.74, 6) is 0.187. The highest BCUT2D eigenvalue weighted by Crippen LogP contribution is 2.30. The highest BCUT2D eigenvalue weighted by molar-refractivity contribution is 5.92. The van der Waals surface area contributed by atoms with E-state index >= 15 is 0 Å². The van der Waals surface area contributed by atoms with Gasteiger partial charge in [-0.25, -0.2) is 4.98 Å². The third-order valence-corrected chi connectivity index (χ3v) is 5.21. The smallest absolute Gasteiger partial charge is 0.274 e. The molecular formula is C23H24N4O. The molecule has 0 N–H and O–H groups in total. The second kappa shape index (κ2) is 7.89. The number of aromatic nitrogens is 3. The molecule has 28 heavy (non-hydrogen) atoms. The van der Waals surface area contributed by atoms with Crippen molar-refractivity contribution in [3.8, 4) is 11.1 Å². The molecule has 4 rings (SSSR count). The summed E-state index contributed by atoms with van der Waals surface area (Å²) in [5, 5.41) is 0. The minimum Gasteiger partial charge on any atom is -0.337 e. The van der Waals surface area contributed by atoms with Crippen molar-refractivity contribution in [2.45, 2.75) is 32.6 Å².